The molecule has 0 aliphatic heterocycles. The minimum Gasteiger partial charge on any atom is -0.422 e. The second kappa shape index (κ2) is 7.62. The first-order chi connectivity index (χ1) is 11.8. The third-order valence-corrected chi connectivity index (χ3v) is 2.82. The molecule has 2 aromatic rings. The number of carbonyl (C=O) groups excluding carboxylic acids is 1. The molecule has 2 rings (SSSR count). The van der Waals surface area contributed by atoms with Crippen LogP contribution in [0.5, 0.6) is 0 Å². The highest BCUT2D eigenvalue weighted by Crippen LogP contribution is 2.30. The van der Waals surface area contributed by atoms with Gasteiger partial charge in [-0.2, -0.15) is 13.2 Å². The minimum atomic E-state index is -4.47. The first-order valence-electron chi connectivity index (χ1n) is 6.81. The maximum absolute atomic E-state index is 12.5. The number of anilines is 1. The van der Waals surface area contributed by atoms with Gasteiger partial charge in [0.2, 0.25) is 0 Å². The van der Waals surface area contributed by atoms with Gasteiger partial charge in [0.05, 0.1) is 11.8 Å². The Morgan fingerprint density at radius 2 is 2.08 bits per heavy atom. The number of carbonyl (C=O) groups is 1. The molecular formula is C15H13F3N4O3. The molecule has 0 aromatic carbocycles. The van der Waals surface area contributed by atoms with E-state index < -0.39 is 11.7 Å². The number of hydrogen-bond acceptors (Lipinski definition) is 7. The molecule has 0 bridgehead atoms. The van der Waals surface area contributed by atoms with Crippen molar-refractivity contribution in [1.82, 2.24) is 15.0 Å². The van der Waals surface area contributed by atoms with Crippen LogP contribution in [0.25, 0.3) is 11.5 Å². The lowest BCUT2D eigenvalue weighted by Gasteiger charge is -2.06. The molecular weight excluding hydrogens is 341 g/mol. The van der Waals surface area contributed by atoms with Crippen molar-refractivity contribution in [2.45, 2.75) is 6.18 Å². The highest BCUT2D eigenvalue weighted by atomic mass is 19.4. The Labute approximate surface area is 140 Å². The number of alkyl halides is 3. The number of nitrogens with one attached hydrogen (secondary N) is 1. The zero-order valence-corrected chi connectivity index (χ0v) is 12.9. The summed E-state index contributed by atoms with van der Waals surface area (Å²) < 4.78 is 42.9. The van der Waals surface area contributed by atoms with Gasteiger partial charge in [-0.3, -0.25) is 20.0 Å². The fraction of sp³-hybridized carbons (Fsp3) is 0.133. The zero-order valence-electron chi connectivity index (χ0n) is 12.9. The van der Waals surface area contributed by atoms with Gasteiger partial charge >= 0.3 is 6.18 Å². The number of pyridine rings is 1. The molecule has 2 N–H and O–H groups in total. The van der Waals surface area contributed by atoms with Gasteiger partial charge in [0.25, 0.3) is 6.01 Å². The van der Waals surface area contributed by atoms with E-state index in [-0.39, 0.29) is 23.2 Å². The van der Waals surface area contributed by atoms with Crippen molar-refractivity contribution in [1.29, 1.82) is 0 Å². The SMILES string of the molecule is CN(O)/C=C\C(=C/C=O)Nc1ncc(-c2ccc(C(F)(F)F)cn2)o1. The third kappa shape index (κ3) is 5.18. The molecule has 0 saturated carbocycles. The quantitative estimate of drug-likeness (QED) is 0.356. The fourth-order valence-corrected chi connectivity index (χ4v) is 1.68. The summed E-state index contributed by atoms with van der Waals surface area (Å²) in [6, 6.07) is 2.04. The number of hydrogen-bond donors (Lipinski definition) is 2. The third-order valence-electron chi connectivity index (χ3n) is 2.82. The monoisotopic (exact) mass is 354 g/mol. The lowest BCUT2D eigenvalue weighted by Crippen LogP contribution is -2.05. The topological polar surface area (TPSA) is 91.5 Å². The van der Waals surface area contributed by atoms with Crippen molar-refractivity contribution >= 4 is 12.3 Å². The molecule has 0 spiro atoms. The molecule has 132 valence electrons. The van der Waals surface area contributed by atoms with Crippen LogP contribution in [0.2, 0.25) is 0 Å². The normalized spacial score (nSPS) is 12.4. The summed E-state index contributed by atoms with van der Waals surface area (Å²) in [6.07, 6.45) is 1.84. The van der Waals surface area contributed by atoms with Gasteiger partial charge in [0.15, 0.2) is 5.76 Å². The number of aromatic nitrogens is 2. The molecule has 25 heavy (non-hydrogen) atoms. The number of allylic oxidation sites excluding steroid dienone is 2. The first kappa shape index (κ1) is 18.2. The molecule has 7 nitrogen and oxygen atoms in total. The molecule has 0 atom stereocenters. The van der Waals surface area contributed by atoms with Gasteiger partial charge < -0.3 is 9.73 Å². The van der Waals surface area contributed by atoms with E-state index in [0.717, 1.165) is 17.2 Å². The van der Waals surface area contributed by atoms with E-state index in [2.05, 4.69) is 15.3 Å². The van der Waals surface area contributed by atoms with Gasteiger partial charge in [-0.15, -0.1) is 0 Å². The first-order valence-corrected chi connectivity index (χ1v) is 6.81. The van der Waals surface area contributed by atoms with Crippen LogP contribution >= 0.6 is 0 Å². The van der Waals surface area contributed by atoms with Crippen molar-refractivity contribution in [2.75, 3.05) is 12.4 Å². The summed E-state index contributed by atoms with van der Waals surface area (Å²) in [5.74, 6) is 0.143. The van der Waals surface area contributed by atoms with Crippen LogP contribution in [0.4, 0.5) is 19.2 Å². The van der Waals surface area contributed by atoms with Crippen molar-refractivity contribution < 1.29 is 27.6 Å². The minimum absolute atomic E-state index is 0.00459. The van der Waals surface area contributed by atoms with Crippen LogP contribution < -0.4 is 5.32 Å². The summed E-state index contributed by atoms with van der Waals surface area (Å²) in [6.45, 7) is 0. The standard InChI is InChI=1S/C15H13F3N4O3/c1-22(24)6-4-11(5-7-23)21-14-20-9-13(25-14)12-3-2-10(8-19-12)15(16,17)18/h2-9,24H,1H3,(H,20,21)/b6-4-,11-5+. The van der Waals surface area contributed by atoms with E-state index in [0.29, 0.717) is 12.5 Å². The van der Waals surface area contributed by atoms with E-state index in [1.807, 2.05) is 0 Å². The molecule has 2 aromatic heterocycles. The molecule has 0 fully saturated rings. The van der Waals surface area contributed by atoms with E-state index in [4.69, 9.17) is 9.62 Å². The summed E-state index contributed by atoms with van der Waals surface area (Å²) in [5, 5.41) is 12.5. The van der Waals surface area contributed by atoms with Crippen LogP contribution in [0.15, 0.2) is 53.0 Å². The molecule has 0 amide bonds. The van der Waals surface area contributed by atoms with Crippen molar-refractivity contribution in [3.63, 3.8) is 0 Å². The number of nitrogens with zero attached hydrogens (tertiary/aromatic N) is 3. The van der Waals surface area contributed by atoms with Crippen molar-refractivity contribution in [3.8, 4) is 11.5 Å². The van der Waals surface area contributed by atoms with E-state index in [1.54, 1.807) is 0 Å². The number of halogens is 3. The summed E-state index contributed by atoms with van der Waals surface area (Å²) in [4.78, 5) is 18.2. The molecule has 0 aliphatic rings. The summed E-state index contributed by atoms with van der Waals surface area (Å²) in [7, 11) is 1.37. The van der Waals surface area contributed by atoms with Gasteiger partial charge in [0, 0.05) is 31.2 Å². The molecule has 0 saturated heterocycles. The Kier molecular flexibility index (Phi) is 5.55. The molecule has 0 unspecified atom stereocenters. The Balaban J connectivity index is 2.16. The van der Waals surface area contributed by atoms with Crippen LogP contribution in [0.3, 0.4) is 0 Å². The molecule has 10 heteroatoms. The molecule has 0 aliphatic carbocycles. The maximum Gasteiger partial charge on any atom is 0.417 e. The summed E-state index contributed by atoms with van der Waals surface area (Å²) in [5.41, 5.74) is -0.437. The van der Waals surface area contributed by atoms with Gasteiger partial charge in [0.1, 0.15) is 12.0 Å². The number of oxazole rings is 1. The van der Waals surface area contributed by atoms with E-state index >= 15 is 0 Å². The Morgan fingerprint density at radius 3 is 2.64 bits per heavy atom. The fourth-order valence-electron chi connectivity index (χ4n) is 1.68. The van der Waals surface area contributed by atoms with Crippen LogP contribution in [0, 0.1) is 0 Å². The number of aldehydes is 1. The zero-order chi connectivity index (χ0) is 18.4. The average molecular weight is 354 g/mol. The van der Waals surface area contributed by atoms with Gasteiger partial charge in [-0.1, -0.05) is 0 Å². The molecule has 2 heterocycles. The van der Waals surface area contributed by atoms with Crippen LogP contribution in [-0.4, -0.2) is 33.6 Å². The van der Waals surface area contributed by atoms with Crippen LogP contribution in [0.1, 0.15) is 5.56 Å². The lowest BCUT2D eigenvalue weighted by atomic mass is 10.2. The lowest BCUT2D eigenvalue weighted by molar-refractivity contribution is -0.137. The van der Waals surface area contributed by atoms with E-state index in [1.165, 1.54) is 31.6 Å². The van der Waals surface area contributed by atoms with Crippen LogP contribution in [-0.2, 0) is 11.0 Å². The second-order valence-corrected chi connectivity index (χ2v) is 4.73. The second-order valence-electron chi connectivity index (χ2n) is 4.73. The molecule has 0 radical (unpaired) electrons. The average Bonchev–Trinajstić information content (AvgIpc) is 3.00. The van der Waals surface area contributed by atoms with Crippen molar-refractivity contribution in [3.05, 3.63) is 54.1 Å². The largest absolute Gasteiger partial charge is 0.422 e. The predicted molar refractivity (Wildman–Crippen MR) is 81.2 cm³/mol. The summed E-state index contributed by atoms with van der Waals surface area (Å²) >= 11 is 0. The Hall–Kier alpha value is -3.14. The van der Waals surface area contributed by atoms with Crippen molar-refractivity contribution in [2.24, 2.45) is 0 Å². The Morgan fingerprint density at radius 1 is 1.32 bits per heavy atom. The smallest absolute Gasteiger partial charge is 0.417 e. The van der Waals surface area contributed by atoms with Gasteiger partial charge in [-0.25, -0.2) is 4.98 Å². The Bertz CT molecular complexity index is 780. The predicted octanol–water partition coefficient (Wildman–Crippen LogP) is 3.08. The highest BCUT2D eigenvalue weighted by molar-refractivity contribution is 5.68. The number of hydroxylamine groups is 2. The van der Waals surface area contributed by atoms with Gasteiger partial charge in [-0.05, 0) is 18.2 Å². The maximum atomic E-state index is 12.5. The number of rotatable bonds is 6. The highest BCUT2D eigenvalue weighted by Gasteiger charge is 2.30. The van der Waals surface area contributed by atoms with E-state index in [9.17, 15) is 18.0 Å².